The van der Waals surface area contributed by atoms with E-state index in [4.69, 9.17) is 9.47 Å². The molecular weight excluding hydrogens is 224 g/mol. The Morgan fingerprint density at radius 2 is 2.11 bits per heavy atom. The lowest BCUT2D eigenvalue weighted by Gasteiger charge is -2.42. The molecule has 1 aromatic rings. The van der Waals surface area contributed by atoms with Gasteiger partial charge < -0.3 is 9.47 Å². The van der Waals surface area contributed by atoms with E-state index in [0.29, 0.717) is 24.0 Å². The third kappa shape index (κ3) is 2.26. The molecule has 0 saturated carbocycles. The second-order valence-corrected chi connectivity index (χ2v) is 5.96. The predicted octanol–water partition coefficient (Wildman–Crippen LogP) is 3.44. The van der Waals surface area contributed by atoms with Crippen LogP contribution in [0.3, 0.4) is 0 Å². The number of hydrogen-bond donors (Lipinski definition) is 0. The normalized spacial score (nSPS) is 30.5. The van der Waals surface area contributed by atoms with Gasteiger partial charge in [0.25, 0.3) is 0 Å². The van der Waals surface area contributed by atoms with Gasteiger partial charge in [-0.1, -0.05) is 32.0 Å². The summed E-state index contributed by atoms with van der Waals surface area (Å²) < 4.78 is 12.2. The molecule has 2 heteroatoms. The number of para-hydroxylation sites is 1. The second kappa shape index (κ2) is 4.93. The molecule has 0 bridgehead atoms. The van der Waals surface area contributed by atoms with Gasteiger partial charge in [-0.25, -0.2) is 0 Å². The van der Waals surface area contributed by atoms with Crippen LogP contribution in [0.4, 0.5) is 0 Å². The minimum atomic E-state index is 0.359. The standard InChI is InChI=1S/C16H22O2/c1-11(2)9-16-13-10-12-5-3-4-6-14(12)18-15(13)7-8-17-16/h3-6,11,13,15-16H,7-10H2,1-2H3/t13-,15+,16+/m1/s1. The molecule has 1 aromatic carbocycles. The van der Waals surface area contributed by atoms with Crippen molar-refractivity contribution in [1.29, 1.82) is 0 Å². The molecule has 0 N–H and O–H groups in total. The zero-order valence-corrected chi connectivity index (χ0v) is 11.3. The Morgan fingerprint density at radius 1 is 1.28 bits per heavy atom. The number of rotatable bonds is 2. The van der Waals surface area contributed by atoms with Gasteiger partial charge >= 0.3 is 0 Å². The van der Waals surface area contributed by atoms with E-state index in [1.54, 1.807) is 0 Å². The third-order valence-electron chi connectivity index (χ3n) is 4.10. The van der Waals surface area contributed by atoms with E-state index in [-0.39, 0.29) is 0 Å². The maximum absolute atomic E-state index is 6.17. The molecule has 0 aromatic heterocycles. The van der Waals surface area contributed by atoms with Crippen molar-refractivity contribution in [3.63, 3.8) is 0 Å². The zero-order valence-electron chi connectivity index (χ0n) is 11.3. The molecule has 3 rings (SSSR count). The maximum Gasteiger partial charge on any atom is 0.122 e. The van der Waals surface area contributed by atoms with Crippen molar-refractivity contribution in [1.82, 2.24) is 0 Å². The monoisotopic (exact) mass is 246 g/mol. The first-order valence-electron chi connectivity index (χ1n) is 7.10. The molecule has 0 radical (unpaired) electrons. The van der Waals surface area contributed by atoms with Crippen LogP contribution in [0.2, 0.25) is 0 Å². The highest BCUT2D eigenvalue weighted by molar-refractivity contribution is 5.36. The number of hydrogen-bond acceptors (Lipinski definition) is 2. The van der Waals surface area contributed by atoms with E-state index >= 15 is 0 Å². The molecular formula is C16H22O2. The molecule has 1 fully saturated rings. The van der Waals surface area contributed by atoms with E-state index in [9.17, 15) is 0 Å². The lowest BCUT2D eigenvalue weighted by Crippen LogP contribution is -2.46. The average molecular weight is 246 g/mol. The first kappa shape index (κ1) is 12.0. The van der Waals surface area contributed by atoms with Gasteiger partial charge in [-0.05, 0) is 30.4 Å². The Bertz CT molecular complexity index is 413. The molecule has 98 valence electrons. The topological polar surface area (TPSA) is 18.5 Å². The predicted molar refractivity (Wildman–Crippen MR) is 71.9 cm³/mol. The van der Waals surface area contributed by atoms with E-state index in [1.165, 1.54) is 5.56 Å². The highest BCUT2D eigenvalue weighted by Gasteiger charge is 2.39. The van der Waals surface area contributed by atoms with Crippen LogP contribution >= 0.6 is 0 Å². The molecule has 1 saturated heterocycles. The molecule has 18 heavy (non-hydrogen) atoms. The van der Waals surface area contributed by atoms with Gasteiger partial charge in [0.15, 0.2) is 0 Å². The van der Waals surface area contributed by atoms with Crippen LogP contribution in [0.15, 0.2) is 24.3 Å². The quantitative estimate of drug-likeness (QED) is 0.796. The molecule has 0 aliphatic carbocycles. The van der Waals surface area contributed by atoms with Crippen molar-refractivity contribution >= 4 is 0 Å². The van der Waals surface area contributed by atoms with Crippen LogP contribution < -0.4 is 4.74 Å². The molecule has 0 amide bonds. The minimum Gasteiger partial charge on any atom is -0.490 e. The lowest BCUT2D eigenvalue weighted by molar-refractivity contribution is -0.0963. The number of benzene rings is 1. The van der Waals surface area contributed by atoms with Crippen LogP contribution in [-0.2, 0) is 11.2 Å². The van der Waals surface area contributed by atoms with Crippen molar-refractivity contribution in [2.75, 3.05) is 6.61 Å². The SMILES string of the molecule is CC(C)C[C@@H]1OCC[C@@H]2Oc3ccccc3C[C@@H]12. The van der Waals surface area contributed by atoms with Crippen LogP contribution in [0.5, 0.6) is 5.75 Å². The Kier molecular flexibility index (Phi) is 3.29. The van der Waals surface area contributed by atoms with Gasteiger partial charge in [-0.15, -0.1) is 0 Å². The van der Waals surface area contributed by atoms with Crippen molar-refractivity contribution in [2.45, 2.75) is 45.3 Å². The van der Waals surface area contributed by atoms with Crippen molar-refractivity contribution in [3.8, 4) is 5.75 Å². The van der Waals surface area contributed by atoms with Crippen molar-refractivity contribution < 1.29 is 9.47 Å². The fourth-order valence-electron chi connectivity index (χ4n) is 3.23. The molecule has 3 atom stereocenters. The van der Waals surface area contributed by atoms with Crippen LogP contribution in [0.25, 0.3) is 0 Å². The Labute approximate surface area is 109 Å². The highest BCUT2D eigenvalue weighted by Crippen LogP contribution is 2.38. The van der Waals surface area contributed by atoms with E-state index in [1.807, 2.05) is 0 Å². The van der Waals surface area contributed by atoms with E-state index in [0.717, 1.165) is 31.6 Å². The summed E-state index contributed by atoms with van der Waals surface area (Å²) in [6, 6.07) is 8.44. The Balaban J connectivity index is 1.81. The summed E-state index contributed by atoms with van der Waals surface area (Å²) in [7, 11) is 0. The van der Waals surface area contributed by atoms with Crippen LogP contribution in [0, 0.1) is 11.8 Å². The van der Waals surface area contributed by atoms with Gasteiger partial charge in [0.1, 0.15) is 11.9 Å². The number of ether oxygens (including phenoxy) is 2. The van der Waals surface area contributed by atoms with Gasteiger partial charge in [-0.2, -0.15) is 0 Å². The molecule has 2 aliphatic heterocycles. The molecule has 2 aliphatic rings. The lowest BCUT2D eigenvalue weighted by atomic mass is 9.80. The van der Waals surface area contributed by atoms with Crippen molar-refractivity contribution in [2.24, 2.45) is 11.8 Å². The van der Waals surface area contributed by atoms with Crippen LogP contribution in [0.1, 0.15) is 32.3 Å². The minimum absolute atomic E-state index is 0.359. The average Bonchev–Trinajstić information content (AvgIpc) is 2.36. The first-order chi connectivity index (χ1) is 8.74. The molecule has 2 heterocycles. The first-order valence-corrected chi connectivity index (χ1v) is 7.10. The molecule has 2 nitrogen and oxygen atoms in total. The summed E-state index contributed by atoms with van der Waals surface area (Å²) in [5.41, 5.74) is 1.35. The Hall–Kier alpha value is -1.02. The highest BCUT2D eigenvalue weighted by atomic mass is 16.5. The van der Waals surface area contributed by atoms with Gasteiger partial charge in [-0.3, -0.25) is 0 Å². The smallest absolute Gasteiger partial charge is 0.122 e. The van der Waals surface area contributed by atoms with Gasteiger partial charge in [0, 0.05) is 12.3 Å². The summed E-state index contributed by atoms with van der Waals surface area (Å²) in [6.07, 6.45) is 4.02. The van der Waals surface area contributed by atoms with E-state index in [2.05, 4.69) is 38.1 Å². The fourth-order valence-corrected chi connectivity index (χ4v) is 3.23. The summed E-state index contributed by atoms with van der Waals surface area (Å²) in [6.45, 7) is 5.38. The summed E-state index contributed by atoms with van der Waals surface area (Å²) >= 11 is 0. The zero-order chi connectivity index (χ0) is 12.5. The van der Waals surface area contributed by atoms with E-state index < -0.39 is 0 Å². The summed E-state index contributed by atoms with van der Waals surface area (Å²) in [4.78, 5) is 0. The Morgan fingerprint density at radius 3 is 2.94 bits per heavy atom. The summed E-state index contributed by atoms with van der Waals surface area (Å²) in [5, 5.41) is 0. The van der Waals surface area contributed by atoms with Crippen LogP contribution in [-0.4, -0.2) is 18.8 Å². The van der Waals surface area contributed by atoms with Gasteiger partial charge in [0.2, 0.25) is 0 Å². The maximum atomic E-state index is 6.17. The third-order valence-corrected chi connectivity index (χ3v) is 4.10. The van der Waals surface area contributed by atoms with Gasteiger partial charge in [0.05, 0.1) is 12.7 Å². The molecule has 0 spiro atoms. The molecule has 0 unspecified atom stereocenters. The fraction of sp³-hybridized carbons (Fsp3) is 0.625. The largest absolute Gasteiger partial charge is 0.490 e. The summed E-state index contributed by atoms with van der Waals surface area (Å²) in [5.74, 6) is 2.31. The second-order valence-electron chi connectivity index (χ2n) is 5.96. The van der Waals surface area contributed by atoms with Crippen molar-refractivity contribution in [3.05, 3.63) is 29.8 Å². The number of fused-ring (bicyclic) bond motifs is 2.